The summed E-state index contributed by atoms with van der Waals surface area (Å²) in [7, 11) is -0.920. The number of rotatable bonds is 7. The van der Waals surface area contributed by atoms with Crippen molar-refractivity contribution in [3.05, 3.63) is 96.3 Å². The van der Waals surface area contributed by atoms with Gasteiger partial charge in [-0.15, -0.1) is 0 Å². The van der Waals surface area contributed by atoms with E-state index in [1.165, 1.54) is 62.8 Å². The van der Waals surface area contributed by atoms with Crippen LogP contribution in [0.4, 0.5) is 14.5 Å². The lowest BCUT2D eigenvalue weighted by molar-refractivity contribution is 0.0964. The van der Waals surface area contributed by atoms with E-state index in [9.17, 15) is 22.0 Å². The van der Waals surface area contributed by atoms with Crippen molar-refractivity contribution in [1.29, 1.82) is 0 Å². The number of hydrogen-bond donors (Lipinski definition) is 2. The van der Waals surface area contributed by atoms with Crippen LogP contribution in [0.15, 0.2) is 77.9 Å². The number of aromatic amines is 1. The number of nitrogens with zero attached hydrogens (tertiary/aromatic N) is 3. The molecule has 2 N–H and O–H groups in total. The van der Waals surface area contributed by atoms with E-state index in [0.717, 1.165) is 10.6 Å². The maximum Gasteiger partial charge on any atom is 0.255 e. The first-order chi connectivity index (χ1) is 21.0. The van der Waals surface area contributed by atoms with Crippen LogP contribution in [-0.4, -0.2) is 49.6 Å². The molecule has 0 aliphatic carbocycles. The Morgan fingerprint density at radius 3 is 2.50 bits per heavy atom. The molecule has 0 spiro atoms. The van der Waals surface area contributed by atoms with Gasteiger partial charge in [0.25, 0.3) is 5.91 Å². The first-order valence-electron chi connectivity index (χ1n) is 13.3. The lowest BCUT2D eigenvalue weighted by atomic mass is 10.0. The van der Waals surface area contributed by atoms with Crippen molar-refractivity contribution in [2.75, 3.05) is 24.7 Å². The van der Waals surface area contributed by atoms with Crippen molar-refractivity contribution < 1.29 is 26.4 Å². The molecule has 1 amide bonds. The number of aromatic nitrogens is 3. The van der Waals surface area contributed by atoms with Gasteiger partial charge < -0.3 is 14.7 Å². The van der Waals surface area contributed by atoms with Gasteiger partial charge in [-0.2, -0.15) is 0 Å². The van der Waals surface area contributed by atoms with E-state index >= 15 is 0 Å². The number of H-pyrrole nitrogens is 1. The Morgan fingerprint density at radius 2 is 1.84 bits per heavy atom. The molecule has 0 atom stereocenters. The standard InChI is InChI=1S/C32H25F2N5O4S/c1-5-23-30(25-14-19-22(34)7-6-8-24(19)37-25)38-26(16-36-23)20-13-21-28(15-27(20)39(3)44(4,41)42)43-31(29(21)32(40)35-2)17-9-11-18(33)12-10-17/h5-16,37H,1H2,2-4H3,(H,35,40). The Labute approximate surface area is 250 Å². The van der Waals surface area contributed by atoms with Crippen molar-refractivity contribution in [1.82, 2.24) is 20.3 Å². The predicted molar refractivity (Wildman–Crippen MR) is 167 cm³/mol. The molecule has 3 aromatic carbocycles. The van der Waals surface area contributed by atoms with E-state index in [4.69, 9.17) is 9.40 Å². The summed E-state index contributed by atoms with van der Waals surface area (Å²) in [6.45, 7) is 3.83. The average molecular weight is 614 g/mol. The summed E-state index contributed by atoms with van der Waals surface area (Å²) in [6.07, 6.45) is 4.03. The van der Waals surface area contributed by atoms with Crippen LogP contribution in [0.25, 0.3) is 61.9 Å². The number of amides is 1. The summed E-state index contributed by atoms with van der Waals surface area (Å²) in [6, 6.07) is 14.9. The third-order valence-corrected chi connectivity index (χ3v) is 8.53. The van der Waals surface area contributed by atoms with Crippen molar-refractivity contribution >= 4 is 49.6 Å². The zero-order chi connectivity index (χ0) is 31.3. The second-order valence-electron chi connectivity index (χ2n) is 10.1. The highest BCUT2D eigenvalue weighted by atomic mass is 32.2. The Balaban J connectivity index is 1.64. The van der Waals surface area contributed by atoms with Crippen molar-refractivity contribution in [3.63, 3.8) is 0 Å². The fraction of sp³-hybridized carbons (Fsp3) is 0.0938. The lowest BCUT2D eigenvalue weighted by Gasteiger charge is -2.20. The van der Waals surface area contributed by atoms with Crippen LogP contribution in [-0.2, 0) is 10.0 Å². The van der Waals surface area contributed by atoms with Gasteiger partial charge in [0.1, 0.15) is 28.7 Å². The zero-order valence-electron chi connectivity index (χ0n) is 23.8. The minimum absolute atomic E-state index is 0.172. The highest BCUT2D eigenvalue weighted by molar-refractivity contribution is 7.92. The Hall–Kier alpha value is -5.36. The summed E-state index contributed by atoms with van der Waals surface area (Å²) < 4.78 is 60.9. The SMILES string of the molecule is C=Cc1ncc(-c2cc3c(C(=O)NC)c(-c4ccc(F)cc4)oc3cc2N(C)S(C)(=O)=O)nc1-c1cc2c(F)cccc2[nH]1. The highest BCUT2D eigenvalue weighted by Gasteiger charge is 2.27. The fourth-order valence-corrected chi connectivity index (χ4v) is 5.56. The number of anilines is 1. The summed E-state index contributed by atoms with van der Waals surface area (Å²) in [5.41, 5.74) is 3.44. The number of nitrogens with one attached hydrogen (secondary N) is 2. The van der Waals surface area contributed by atoms with Gasteiger partial charge in [-0.1, -0.05) is 12.6 Å². The van der Waals surface area contributed by atoms with E-state index in [-0.39, 0.29) is 28.3 Å². The molecule has 0 bridgehead atoms. The molecular formula is C32H25F2N5O4S. The molecule has 6 aromatic rings. The van der Waals surface area contributed by atoms with Crippen LogP contribution in [0.1, 0.15) is 16.1 Å². The van der Waals surface area contributed by atoms with Crippen LogP contribution < -0.4 is 9.62 Å². The number of halogens is 2. The molecule has 0 radical (unpaired) electrons. The fourth-order valence-electron chi connectivity index (χ4n) is 5.05. The van der Waals surface area contributed by atoms with Gasteiger partial charge in [-0.25, -0.2) is 22.2 Å². The van der Waals surface area contributed by atoms with Crippen molar-refractivity contribution in [2.24, 2.45) is 0 Å². The maximum absolute atomic E-state index is 14.5. The monoisotopic (exact) mass is 613 g/mol. The molecule has 12 heteroatoms. The van der Waals surface area contributed by atoms with Crippen LogP contribution in [0.3, 0.4) is 0 Å². The topological polar surface area (TPSA) is 121 Å². The van der Waals surface area contributed by atoms with Crippen molar-refractivity contribution in [2.45, 2.75) is 0 Å². The summed E-state index contributed by atoms with van der Waals surface area (Å²) >= 11 is 0. The average Bonchev–Trinajstić information content (AvgIpc) is 3.62. The quantitative estimate of drug-likeness (QED) is 0.216. The van der Waals surface area contributed by atoms with Crippen LogP contribution in [0.5, 0.6) is 0 Å². The number of hydrogen-bond acceptors (Lipinski definition) is 6. The van der Waals surface area contributed by atoms with Crippen LogP contribution in [0.2, 0.25) is 0 Å². The lowest BCUT2D eigenvalue weighted by Crippen LogP contribution is -2.25. The Morgan fingerprint density at radius 1 is 1.09 bits per heavy atom. The van der Waals surface area contributed by atoms with Crippen LogP contribution in [0, 0.1) is 11.6 Å². The number of furan rings is 1. The second-order valence-corrected chi connectivity index (χ2v) is 12.1. The molecule has 3 aromatic heterocycles. The molecule has 0 saturated heterocycles. The summed E-state index contributed by atoms with van der Waals surface area (Å²) in [5, 5.41) is 3.35. The maximum atomic E-state index is 14.5. The van der Waals surface area contributed by atoms with E-state index in [1.807, 2.05) is 0 Å². The van der Waals surface area contributed by atoms with Gasteiger partial charge in [0.05, 0.1) is 40.8 Å². The van der Waals surface area contributed by atoms with Gasteiger partial charge in [-0.05, 0) is 54.6 Å². The largest absolute Gasteiger partial charge is 0.455 e. The second kappa shape index (κ2) is 10.7. The molecule has 6 rings (SSSR count). The minimum Gasteiger partial charge on any atom is -0.455 e. The first-order valence-corrected chi connectivity index (χ1v) is 15.1. The predicted octanol–water partition coefficient (Wildman–Crippen LogP) is 6.38. The van der Waals surface area contributed by atoms with Gasteiger partial charge in [0.2, 0.25) is 10.0 Å². The van der Waals surface area contributed by atoms with Crippen molar-refractivity contribution in [3.8, 4) is 34.0 Å². The molecule has 9 nitrogen and oxygen atoms in total. The molecule has 0 fully saturated rings. The zero-order valence-corrected chi connectivity index (χ0v) is 24.6. The molecule has 0 aliphatic heterocycles. The highest BCUT2D eigenvalue weighted by Crippen LogP contribution is 2.41. The number of carbonyl (C=O) groups excluding carboxylic acids is 1. The van der Waals surface area contributed by atoms with E-state index in [2.05, 4.69) is 21.9 Å². The molecule has 0 unspecified atom stereocenters. The number of benzene rings is 3. The molecule has 0 saturated carbocycles. The normalized spacial score (nSPS) is 11.7. The smallest absolute Gasteiger partial charge is 0.255 e. The molecule has 3 heterocycles. The summed E-state index contributed by atoms with van der Waals surface area (Å²) in [4.78, 5) is 25.7. The third-order valence-electron chi connectivity index (χ3n) is 7.34. The number of fused-ring (bicyclic) bond motifs is 2. The van der Waals surface area contributed by atoms with Crippen LogP contribution >= 0.6 is 0 Å². The Kier molecular flexibility index (Phi) is 7.01. The third kappa shape index (κ3) is 4.88. The Bertz CT molecular complexity index is 2220. The molecular weight excluding hydrogens is 588 g/mol. The molecule has 222 valence electrons. The molecule has 0 aliphatic rings. The van der Waals surface area contributed by atoms with E-state index in [1.54, 1.807) is 24.3 Å². The van der Waals surface area contributed by atoms with E-state index in [0.29, 0.717) is 44.5 Å². The number of sulfonamides is 1. The minimum atomic E-state index is -3.77. The molecule has 44 heavy (non-hydrogen) atoms. The summed E-state index contributed by atoms with van der Waals surface area (Å²) in [5.74, 6) is -1.15. The van der Waals surface area contributed by atoms with Gasteiger partial charge in [0.15, 0.2) is 0 Å². The van der Waals surface area contributed by atoms with Gasteiger partial charge in [-0.3, -0.25) is 14.1 Å². The number of carbonyl (C=O) groups is 1. The van der Waals surface area contributed by atoms with E-state index < -0.39 is 27.6 Å². The van der Waals surface area contributed by atoms with Gasteiger partial charge >= 0.3 is 0 Å². The van der Waals surface area contributed by atoms with Gasteiger partial charge in [0, 0.05) is 47.6 Å². The first kappa shape index (κ1) is 28.7.